The van der Waals surface area contributed by atoms with Gasteiger partial charge in [0.25, 0.3) is 23.6 Å². The van der Waals surface area contributed by atoms with Crippen molar-refractivity contribution >= 4 is 48.5 Å². The van der Waals surface area contributed by atoms with Crippen molar-refractivity contribution in [1.82, 2.24) is 21.7 Å². The van der Waals surface area contributed by atoms with Gasteiger partial charge >= 0.3 is 0 Å². The highest BCUT2D eigenvalue weighted by molar-refractivity contribution is 5.98. The molecule has 0 saturated carbocycles. The van der Waals surface area contributed by atoms with Crippen LogP contribution in [0.25, 0.3) is 0 Å². The van der Waals surface area contributed by atoms with E-state index in [0.29, 0.717) is 22.3 Å². The Morgan fingerprint density at radius 1 is 0.333 bits per heavy atom. The maximum atomic E-state index is 12.0. The molecule has 0 aliphatic carbocycles. The van der Waals surface area contributed by atoms with E-state index in [-0.39, 0.29) is 45.3 Å². The van der Waals surface area contributed by atoms with Crippen LogP contribution >= 0.6 is 0 Å². The van der Waals surface area contributed by atoms with Gasteiger partial charge in [-0.3, -0.25) is 19.2 Å². The molecule has 6 rings (SSSR count). The van der Waals surface area contributed by atoms with Crippen LogP contribution in [-0.2, 0) is 0 Å². The Morgan fingerprint density at radius 3 is 0.733 bits per heavy atom. The highest BCUT2D eigenvalue weighted by atomic mass is 16.3. The minimum atomic E-state index is -0.407. The van der Waals surface area contributed by atoms with E-state index in [1.807, 2.05) is 0 Å². The minimum Gasteiger partial charge on any atom is -0.507 e. The zero-order valence-electron chi connectivity index (χ0n) is 31.4. The zero-order chi connectivity index (χ0) is 42.7. The van der Waals surface area contributed by atoms with Crippen LogP contribution < -0.4 is 21.7 Å². The minimum absolute atomic E-state index is 0.233. The molecule has 0 fully saturated rings. The Bertz CT molecular complexity index is 2200. The summed E-state index contributed by atoms with van der Waals surface area (Å²) < 4.78 is 0. The zero-order valence-corrected chi connectivity index (χ0v) is 31.4. The first-order chi connectivity index (χ1) is 29.1. The van der Waals surface area contributed by atoms with Crippen molar-refractivity contribution < 1.29 is 39.6 Å². The number of carbonyl (C=O) groups excluding carboxylic acids is 4. The molecule has 0 saturated heterocycles. The second-order valence-electron chi connectivity index (χ2n) is 12.2. The summed E-state index contributed by atoms with van der Waals surface area (Å²) in [5, 5.41) is 55.2. The first-order valence-corrected chi connectivity index (χ1v) is 17.7. The first kappa shape index (κ1) is 42.2. The molecule has 60 heavy (non-hydrogen) atoms. The van der Waals surface area contributed by atoms with Gasteiger partial charge in [-0.1, -0.05) is 72.8 Å². The van der Waals surface area contributed by atoms with Crippen molar-refractivity contribution in [3.63, 3.8) is 0 Å². The van der Waals surface area contributed by atoms with E-state index in [1.54, 1.807) is 121 Å². The fraction of sp³-hybridized carbons (Fsp3) is 0. The highest BCUT2D eigenvalue weighted by Crippen LogP contribution is 2.26. The molecule has 0 spiro atoms. The molecule has 0 heterocycles. The van der Waals surface area contributed by atoms with Gasteiger partial charge in [0, 0.05) is 56.6 Å². The largest absolute Gasteiger partial charge is 0.507 e. The van der Waals surface area contributed by atoms with Gasteiger partial charge < -0.3 is 20.4 Å². The fourth-order valence-corrected chi connectivity index (χ4v) is 4.89. The van der Waals surface area contributed by atoms with E-state index in [1.165, 1.54) is 37.0 Å². The second-order valence-corrected chi connectivity index (χ2v) is 12.2. The van der Waals surface area contributed by atoms with E-state index < -0.39 is 23.6 Å². The van der Waals surface area contributed by atoms with Gasteiger partial charge in [0.1, 0.15) is 23.0 Å². The number of hydrogen-bond acceptors (Lipinski definition) is 12. The van der Waals surface area contributed by atoms with Crippen molar-refractivity contribution in [1.29, 1.82) is 0 Å². The van der Waals surface area contributed by atoms with Gasteiger partial charge in [-0.25, -0.2) is 21.7 Å². The van der Waals surface area contributed by atoms with Gasteiger partial charge in [-0.05, 0) is 60.7 Å². The van der Waals surface area contributed by atoms with Crippen molar-refractivity contribution in [2.75, 3.05) is 0 Å². The number of aromatic hydroxyl groups is 4. The van der Waals surface area contributed by atoms with Gasteiger partial charge in [-0.15, -0.1) is 0 Å². The number of hydrazone groups is 4. The number of phenolic OH excluding ortho intramolecular Hbond substituents is 4. The quantitative estimate of drug-likeness (QED) is 0.0598. The first-order valence-electron chi connectivity index (χ1n) is 17.7. The number of phenols is 4. The van der Waals surface area contributed by atoms with Crippen LogP contribution in [0.1, 0.15) is 63.7 Å². The molecule has 0 radical (unpaired) electrons. The molecule has 8 N–H and O–H groups in total. The van der Waals surface area contributed by atoms with E-state index in [9.17, 15) is 39.6 Å². The Kier molecular flexibility index (Phi) is 15.1. The standard InChI is InChI=1S/2C22H18N4O4/c2*27-19-12-20(28)18(14-24-26-22(30)16-9-5-2-6-10-16)11-17(19)13-23-25-21(29)15-7-3-1-4-8-15/h2*1-14,27-28H,(H,25,29)(H,26,30)/b2*23-13+,24-14+. The number of rotatable bonds is 12. The number of carbonyl (C=O) groups is 4. The molecule has 300 valence electrons. The lowest BCUT2D eigenvalue weighted by atomic mass is 10.1. The van der Waals surface area contributed by atoms with Crippen molar-refractivity contribution in [3.05, 3.63) is 190 Å². The lowest BCUT2D eigenvalue weighted by Crippen LogP contribution is -2.17. The molecule has 4 amide bonds. The van der Waals surface area contributed by atoms with Crippen LogP contribution in [0.3, 0.4) is 0 Å². The average Bonchev–Trinajstić information content (AvgIpc) is 3.27. The predicted octanol–water partition coefficient (Wildman–Crippen LogP) is 5.25. The molecular formula is C44H36N8O8. The molecule has 6 aromatic rings. The number of hydrogen-bond donors (Lipinski definition) is 8. The van der Waals surface area contributed by atoms with Gasteiger partial charge in [0.2, 0.25) is 0 Å². The summed E-state index contributed by atoms with van der Waals surface area (Å²) in [4.78, 5) is 47.9. The number of nitrogens with zero attached hydrogens (tertiary/aromatic N) is 4. The van der Waals surface area contributed by atoms with Crippen LogP contribution in [0.2, 0.25) is 0 Å². The molecule has 0 atom stereocenters. The summed E-state index contributed by atoms with van der Waals surface area (Å²) in [6.45, 7) is 0. The summed E-state index contributed by atoms with van der Waals surface area (Å²) in [5.74, 6) is -2.59. The lowest BCUT2D eigenvalue weighted by molar-refractivity contribution is 0.0947. The van der Waals surface area contributed by atoms with E-state index in [4.69, 9.17) is 0 Å². The molecule has 0 aliphatic rings. The topological polar surface area (TPSA) is 247 Å². The predicted molar refractivity (Wildman–Crippen MR) is 226 cm³/mol. The van der Waals surface area contributed by atoms with E-state index in [0.717, 1.165) is 12.1 Å². The van der Waals surface area contributed by atoms with E-state index in [2.05, 4.69) is 42.1 Å². The smallest absolute Gasteiger partial charge is 0.271 e. The number of benzene rings is 6. The van der Waals surface area contributed by atoms with Crippen molar-refractivity contribution in [3.8, 4) is 23.0 Å². The molecule has 0 bridgehead atoms. The van der Waals surface area contributed by atoms with Crippen LogP contribution in [0.4, 0.5) is 0 Å². The van der Waals surface area contributed by atoms with Crippen LogP contribution in [0, 0.1) is 0 Å². The summed E-state index contributed by atoms with van der Waals surface area (Å²) in [6, 6.07) is 39.1. The molecular weight excluding hydrogens is 769 g/mol. The Hall–Kier alpha value is -8.92. The SMILES string of the molecule is O=C(N/N=C/c1cc(/C=N/NC(=O)c2ccccc2)c(O)cc1O)c1ccccc1.O=C(N/N=C/c1cc(/C=N/NC(=O)c2ccccc2)c(O)cc1O)c1ccccc1. The van der Waals surface area contributed by atoms with Gasteiger partial charge in [0.15, 0.2) is 0 Å². The summed E-state index contributed by atoms with van der Waals surface area (Å²) in [7, 11) is 0. The van der Waals surface area contributed by atoms with Crippen LogP contribution in [0.5, 0.6) is 23.0 Å². The molecule has 0 aromatic heterocycles. The summed E-state index contributed by atoms with van der Waals surface area (Å²) in [5.41, 5.74) is 12.1. The van der Waals surface area contributed by atoms with Crippen LogP contribution in [-0.4, -0.2) is 68.9 Å². The summed E-state index contributed by atoms with van der Waals surface area (Å²) in [6.07, 6.45) is 4.93. The molecule has 0 aliphatic heterocycles. The Labute approximate surface area is 342 Å². The lowest BCUT2D eigenvalue weighted by Gasteiger charge is -2.05. The third-order valence-electron chi connectivity index (χ3n) is 7.97. The van der Waals surface area contributed by atoms with E-state index >= 15 is 0 Å². The third-order valence-corrected chi connectivity index (χ3v) is 7.97. The van der Waals surface area contributed by atoms with Crippen LogP contribution in [0.15, 0.2) is 166 Å². The van der Waals surface area contributed by atoms with Crippen molar-refractivity contribution in [2.45, 2.75) is 0 Å². The van der Waals surface area contributed by atoms with Crippen molar-refractivity contribution in [2.24, 2.45) is 20.4 Å². The molecule has 16 heteroatoms. The Morgan fingerprint density at radius 2 is 0.533 bits per heavy atom. The molecule has 6 aromatic carbocycles. The average molecular weight is 805 g/mol. The fourth-order valence-electron chi connectivity index (χ4n) is 4.89. The number of amides is 4. The van der Waals surface area contributed by atoms with Gasteiger partial charge in [-0.2, -0.15) is 20.4 Å². The summed E-state index contributed by atoms with van der Waals surface area (Å²) >= 11 is 0. The van der Waals surface area contributed by atoms with Gasteiger partial charge in [0.05, 0.1) is 24.9 Å². The third kappa shape index (κ3) is 12.6. The monoisotopic (exact) mass is 804 g/mol. The second kappa shape index (κ2) is 21.4. The maximum Gasteiger partial charge on any atom is 0.271 e. The number of nitrogens with one attached hydrogen (secondary N) is 4. The molecule has 0 unspecified atom stereocenters. The maximum absolute atomic E-state index is 12.0. The normalized spacial score (nSPS) is 10.9. The molecule has 16 nitrogen and oxygen atoms in total. The Balaban J connectivity index is 0.000000228. The highest BCUT2D eigenvalue weighted by Gasteiger charge is 2.10.